The van der Waals surface area contributed by atoms with Crippen molar-refractivity contribution in [1.29, 1.82) is 0 Å². The SMILES string of the molecule is Cl.NC1(C(=O)NCC2(c3ccccc3)CCOCC2)CCCC1. The first-order chi connectivity index (χ1) is 10.6. The van der Waals surface area contributed by atoms with Crippen LogP contribution in [0.25, 0.3) is 0 Å². The van der Waals surface area contributed by atoms with Crippen LogP contribution in [0.5, 0.6) is 0 Å². The fourth-order valence-corrected chi connectivity index (χ4v) is 3.78. The van der Waals surface area contributed by atoms with Crippen LogP contribution in [0.1, 0.15) is 44.1 Å². The number of nitrogens with two attached hydrogens (primary N) is 1. The summed E-state index contributed by atoms with van der Waals surface area (Å²) >= 11 is 0. The molecule has 0 radical (unpaired) electrons. The Kier molecular flexibility index (Phi) is 6.06. The molecule has 23 heavy (non-hydrogen) atoms. The maximum Gasteiger partial charge on any atom is 0.240 e. The van der Waals surface area contributed by atoms with E-state index in [1.165, 1.54) is 5.56 Å². The van der Waals surface area contributed by atoms with Gasteiger partial charge in [-0.1, -0.05) is 43.2 Å². The standard InChI is InChI=1S/C18H26N2O2.ClH/c19-18(8-4-5-9-18)16(21)20-14-17(10-12-22-13-11-17)15-6-2-1-3-7-15;/h1-3,6-7H,4-5,8-14,19H2,(H,20,21);1H. The summed E-state index contributed by atoms with van der Waals surface area (Å²) in [5, 5.41) is 3.15. The Hall–Kier alpha value is -1.10. The van der Waals surface area contributed by atoms with E-state index in [1.807, 2.05) is 6.07 Å². The first kappa shape index (κ1) is 18.2. The quantitative estimate of drug-likeness (QED) is 0.886. The van der Waals surface area contributed by atoms with Gasteiger partial charge in [0.25, 0.3) is 0 Å². The van der Waals surface area contributed by atoms with E-state index in [9.17, 15) is 4.79 Å². The number of nitrogens with one attached hydrogen (secondary N) is 1. The Labute approximate surface area is 144 Å². The van der Waals surface area contributed by atoms with Crippen molar-refractivity contribution in [2.75, 3.05) is 19.8 Å². The second-order valence-electron chi connectivity index (χ2n) is 6.80. The lowest BCUT2D eigenvalue weighted by molar-refractivity contribution is -0.126. The maximum absolute atomic E-state index is 12.5. The average Bonchev–Trinajstić information content (AvgIpc) is 3.02. The lowest BCUT2D eigenvalue weighted by atomic mass is 9.74. The predicted octanol–water partition coefficient (Wildman–Crippen LogP) is 2.54. The van der Waals surface area contributed by atoms with Crippen molar-refractivity contribution < 1.29 is 9.53 Å². The fourth-order valence-electron chi connectivity index (χ4n) is 3.78. The minimum atomic E-state index is -0.650. The van der Waals surface area contributed by atoms with Gasteiger partial charge in [-0.25, -0.2) is 0 Å². The van der Waals surface area contributed by atoms with Crippen LogP contribution in [0.15, 0.2) is 30.3 Å². The molecular weight excluding hydrogens is 312 g/mol. The number of hydrogen-bond donors (Lipinski definition) is 2. The van der Waals surface area contributed by atoms with E-state index >= 15 is 0 Å². The van der Waals surface area contributed by atoms with Gasteiger partial charge in [-0.05, 0) is 31.2 Å². The van der Waals surface area contributed by atoms with Crippen LogP contribution in [0, 0.1) is 0 Å². The van der Waals surface area contributed by atoms with Gasteiger partial charge < -0.3 is 15.8 Å². The van der Waals surface area contributed by atoms with Crippen molar-refractivity contribution in [2.45, 2.75) is 49.5 Å². The molecule has 1 aliphatic carbocycles. The summed E-state index contributed by atoms with van der Waals surface area (Å²) in [4.78, 5) is 12.5. The average molecular weight is 339 g/mol. The Morgan fingerprint density at radius 1 is 1.09 bits per heavy atom. The van der Waals surface area contributed by atoms with E-state index in [0.29, 0.717) is 6.54 Å². The van der Waals surface area contributed by atoms with Crippen LogP contribution >= 0.6 is 12.4 Å². The summed E-state index contributed by atoms with van der Waals surface area (Å²) < 4.78 is 5.54. The molecule has 0 spiro atoms. The van der Waals surface area contributed by atoms with Crippen molar-refractivity contribution in [2.24, 2.45) is 5.73 Å². The molecule has 1 amide bonds. The van der Waals surface area contributed by atoms with E-state index in [1.54, 1.807) is 0 Å². The number of carbonyl (C=O) groups is 1. The molecular formula is C18H27ClN2O2. The maximum atomic E-state index is 12.5. The fraction of sp³-hybridized carbons (Fsp3) is 0.611. The van der Waals surface area contributed by atoms with Gasteiger partial charge in [0.1, 0.15) is 0 Å². The summed E-state index contributed by atoms with van der Waals surface area (Å²) in [5.74, 6) is 0.0202. The summed E-state index contributed by atoms with van der Waals surface area (Å²) in [6, 6.07) is 10.5. The van der Waals surface area contributed by atoms with Gasteiger partial charge >= 0.3 is 0 Å². The van der Waals surface area contributed by atoms with Crippen molar-refractivity contribution >= 4 is 18.3 Å². The lowest BCUT2D eigenvalue weighted by Gasteiger charge is -2.38. The van der Waals surface area contributed by atoms with Crippen LogP contribution in [0.3, 0.4) is 0 Å². The third-order valence-electron chi connectivity index (χ3n) is 5.37. The Morgan fingerprint density at radius 3 is 2.30 bits per heavy atom. The summed E-state index contributed by atoms with van der Waals surface area (Å²) in [5.41, 5.74) is 6.88. The van der Waals surface area contributed by atoms with Gasteiger partial charge in [-0.2, -0.15) is 0 Å². The molecule has 2 fully saturated rings. The van der Waals surface area contributed by atoms with Gasteiger partial charge in [0.2, 0.25) is 5.91 Å². The normalized spacial score (nSPS) is 22.1. The zero-order valence-electron chi connectivity index (χ0n) is 13.6. The van der Waals surface area contributed by atoms with Gasteiger partial charge in [0, 0.05) is 25.2 Å². The smallest absolute Gasteiger partial charge is 0.240 e. The molecule has 128 valence electrons. The molecule has 3 N–H and O–H groups in total. The summed E-state index contributed by atoms with van der Waals surface area (Å²) in [6.07, 6.45) is 5.60. The first-order valence-electron chi connectivity index (χ1n) is 8.35. The molecule has 1 heterocycles. The summed E-state index contributed by atoms with van der Waals surface area (Å²) in [7, 11) is 0. The second kappa shape index (κ2) is 7.65. The zero-order chi connectivity index (χ0) is 15.5. The molecule has 0 bridgehead atoms. The topological polar surface area (TPSA) is 64.4 Å². The molecule has 1 aliphatic heterocycles. The van der Waals surface area contributed by atoms with Crippen molar-refractivity contribution in [3.8, 4) is 0 Å². The number of halogens is 1. The minimum absolute atomic E-state index is 0. The molecule has 0 unspecified atom stereocenters. The number of benzene rings is 1. The highest BCUT2D eigenvalue weighted by Crippen LogP contribution is 2.35. The molecule has 2 aliphatic rings. The van der Waals surface area contributed by atoms with Crippen LogP contribution in [0.4, 0.5) is 0 Å². The minimum Gasteiger partial charge on any atom is -0.381 e. The molecule has 0 aromatic heterocycles. The Bertz CT molecular complexity index is 509. The van der Waals surface area contributed by atoms with Crippen LogP contribution in [0.2, 0.25) is 0 Å². The predicted molar refractivity (Wildman–Crippen MR) is 93.8 cm³/mol. The number of carbonyl (C=O) groups excluding carboxylic acids is 1. The van der Waals surface area contributed by atoms with Crippen molar-refractivity contribution in [3.05, 3.63) is 35.9 Å². The van der Waals surface area contributed by atoms with Gasteiger partial charge in [-0.15, -0.1) is 12.4 Å². The first-order valence-corrected chi connectivity index (χ1v) is 8.35. The molecule has 0 atom stereocenters. The lowest BCUT2D eigenvalue weighted by Crippen LogP contribution is -2.55. The second-order valence-corrected chi connectivity index (χ2v) is 6.80. The number of rotatable bonds is 4. The van der Waals surface area contributed by atoms with Crippen molar-refractivity contribution in [3.63, 3.8) is 0 Å². The monoisotopic (exact) mass is 338 g/mol. The highest BCUT2D eigenvalue weighted by atomic mass is 35.5. The molecule has 4 nitrogen and oxygen atoms in total. The Balaban J connectivity index is 0.00000192. The number of ether oxygens (including phenoxy) is 1. The molecule has 1 saturated carbocycles. The third-order valence-corrected chi connectivity index (χ3v) is 5.37. The van der Waals surface area contributed by atoms with E-state index in [-0.39, 0.29) is 23.7 Å². The van der Waals surface area contributed by atoms with E-state index in [0.717, 1.165) is 51.7 Å². The van der Waals surface area contributed by atoms with Gasteiger partial charge in [-0.3, -0.25) is 4.79 Å². The van der Waals surface area contributed by atoms with Crippen molar-refractivity contribution in [1.82, 2.24) is 5.32 Å². The van der Waals surface area contributed by atoms with E-state index in [4.69, 9.17) is 10.5 Å². The van der Waals surface area contributed by atoms with Gasteiger partial charge in [0.05, 0.1) is 5.54 Å². The van der Waals surface area contributed by atoms with Crippen LogP contribution < -0.4 is 11.1 Å². The zero-order valence-corrected chi connectivity index (χ0v) is 14.4. The Morgan fingerprint density at radius 2 is 1.70 bits per heavy atom. The van der Waals surface area contributed by atoms with Gasteiger partial charge in [0.15, 0.2) is 0 Å². The molecule has 3 rings (SSSR count). The number of hydrogen-bond acceptors (Lipinski definition) is 3. The molecule has 1 aromatic rings. The highest BCUT2D eigenvalue weighted by molar-refractivity contribution is 5.86. The van der Waals surface area contributed by atoms with Crippen LogP contribution in [-0.4, -0.2) is 31.2 Å². The largest absolute Gasteiger partial charge is 0.381 e. The number of amides is 1. The third kappa shape index (κ3) is 3.87. The van der Waals surface area contributed by atoms with E-state index < -0.39 is 5.54 Å². The van der Waals surface area contributed by atoms with E-state index in [2.05, 4.69) is 29.6 Å². The highest BCUT2D eigenvalue weighted by Gasteiger charge is 2.40. The molecule has 1 aromatic carbocycles. The van der Waals surface area contributed by atoms with Crippen LogP contribution in [-0.2, 0) is 14.9 Å². The summed E-state index contributed by atoms with van der Waals surface area (Å²) in [6.45, 7) is 2.15. The molecule has 1 saturated heterocycles. The molecule has 5 heteroatoms.